The predicted octanol–water partition coefficient (Wildman–Crippen LogP) is 30.1. The van der Waals surface area contributed by atoms with Crippen LogP contribution in [0.3, 0.4) is 0 Å². The average molecular weight is 1750 g/mol. The number of benzene rings is 4. The normalized spacial score (nSPS) is 11.8. The van der Waals surface area contributed by atoms with Crippen molar-refractivity contribution in [1.82, 2.24) is 39.9 Å². The molecular weight excluding hydrogens is 1650 g/mol. The summed E-state index contributed by atoms with van der Waals surface area (Å²) in [6.07, 6.45) is 13.3. The number of unbranched alkanes of at least 4 members (excludes halogenated alkanes) is 8. The fourth-order valence-electron chi connectivity index (χ4n) is 15.5. The van der Waals surface area contributed by atoms with Crippen LogP contribution in [0.1, 0.15) is 158 Å². The van der Waals surface area contributed by atoms with Gasteiger partial charge in [-0.25, -0.2) is 29.9 Å². The zero-order valence-corrected chi connectivity index (χ0v) is 75.6. The maximum Gasteiger partial charge on any atom is 0.168 e. The minimum Gasteiger partial charge on any atom is -0.492 e. The Morgan fingerprint density at radius 1 is 0.208 bits per heavy atom. The van der Waals surface area contributed by atoms with E-state index in [4.69, 9.17) is 67.8 Å². The molecule has 11 aromatic heterocycles. The van der Waals surface area contributed by atoms with Crippen molar-refractivity contribution in [3.63, 3.8) is 0 Å². The van der Waals surface area contributed by atoms with Gasteiger partial charge in [-0.05, 0) is 143 Å². The molecule has 2 N–H and O–H groups in total. The highest BCUT2D eigenvalue weighted by molar-refractivity contribution is 7.16. The smallest absolute Gasteiger partial charge is 0.168 e. The first-order chi connectivity index (χ1) is 59.3. The van der Waals surface area contributed by atoms with Crippen molar-refractivity contribution in [2.75, 3.05) is 52.9 Å². The largest absolute Gasteiger partial charge is 0.492 e. The van der Waals surface area contributed by atoms with Gasteiger partial charge in [0.1, 0.15) is 68.6 Å². The van der Waals surface area contributed by atoms with Gasteiger partial charge < -0.3 is 47.9 Å². The zero-order chi connectivity index (χ0) is 82.0. The number of fused-ring (bicyclic) bond motifs is 20. The summed E-state index contributed by atoms with van der Waals surface area (Å²) in [6, 6.07) is 34.3. The van der Waals surface area contributed by atoms with Gasteiger partial charge in [0.15, 0.2) is 23.3 Å². The zero-order valence-electron chi connectivity index (χ0n) is 69.0. The highest BCUT2D eigenvalue weighted by Gasteiger charge is 2.41. The lowest BCUT2D eigenvalue weighted by Crippen LogP contribution is -2.06. The Labute approximate surface area is 732 Å². The van der Waals surface area contributed by atoms with Crippen LogP contribution in [0.15, 0.2) is 140 Å². The first kappa shape index (κ1) is 82.5. The molecular formula is C96H98N8O8S8. The molecule has 8 bridgehead atoms. The van der Waals surface area contributed by atoms with Crippen LogP contribution in [0, 0.1) is 0 Å². The Morgan fingerprint density at radius 2 is 0.367 bits per heavy atom. The van der Waals surface area contributed by atoms with Gasteiger partial charge in [0.05, 0.1) is 96.7 Å². The summed E-state index contributed by atoms with van der Waals surface area (Å²) < 4.78 is 60.9. The molecule has 17 rings (SSSR count). The van der Waals surface area contributed by atoms with E-state index >= 15 is 0 Å². The second-order valence-corrected chi connectivity index (χ2v) is 37.3. The fourth-order valence-corrected chi connectivity index (χ4v) is 21.7. The number of aromatic nitrogens is 8. The van der Waals surface area contributed by atoms with Gasteiger partial charge in [-0.1, -0.05) is 155 Å². The van der Waals surface area contributed by atoms with Gasteiger partial charge in [-0.15, -0.1) is 90.7 Å². The van der Waals surface area contributed by atoms with Crippen LogP contribution in [-0.4, -0.2) is 92.7 Å². The SMILES string of the molecule is CCCCOc1c2c(c(OCCCC)c(-c3cccs3)c1-c1cccs1)-c1nc-2nc2[nH]c(nc3nc(nc4[nH]c(n1)c1c(OCCCC)c(-c5cccs5)c(-c5cccs5)c(OCCCC)c41)-c1c(OCCCC)c(-c4cccs4)c(-c4cccs4)c(OCCCC)c1-3)c1c(OCCCC)c(-c3cccs3)c(-c3cccs3)c(OCCCC)c21. The van der Waals surface area contributed by atoms with Crippen molar-refractivity contribution < 1.29 is 37.9 Å². The molecule has 0 radical (unpaired) electrons. The Bertz CT molecular complexity index is 5440. The summed E-state index contributed by atoms with van der Waals surface area (Å²) in [4.78, 5) is 52.8. The molecule has 16 nitrogen and oxygen atoms in total. The molecule has 0 amide bonds. The monoisotopic (exact) mass is 1750 g/mol. The third kappa shape index (κ3) is 16.1. The summed E-state index contributed by atoms with van der Waals surface area (Å²) in [5.74, 6) is 6.23. The first-order valence-corrected chi connectivity index (χ1v) is 49.5. The third-order valence-electron chi connectivity index (χ3n) is 21.3. The van der Waals surface area contributed by atoms with Crippen LogP contribution < -0.4 is 37.9 Å². The lowest BCUT2D eigenvalue weighted by molar-refractivity contribution is 0.305. The molecule has 0 aliphatic carbocycles. The van der Waals surface area contributed by atoms with Crippen molar-refractivity contribution in [3.05, 3.63) is 140 Å². The topological polar surface area (TPSA) is 183 Å². The molecule has 0 unspecified atom stereocenters. The Kier molecular flexibility index (Phi) is 26.5. The van der Waals surface area contributed by atoms with E-state index in [0.29, 0.717) is 189 Å². The van der Waals surface area contributed by atoms with Gasteiger partial charge in [0.2, 0.25) is 0 Å². The minimum absolute atomic E-state index is 0.324. The lowest BCUT2D eigenvalue weighted by atomic mass is 9.93. The van der Waals surface area contributed by atoms with Crippen LogP contribution in [-0.2, 0) is 0 Å². The van der Waals surface area contributed by atoms with Gasteiger partial charge in [0.25, 0.3) is 0 Å². The highest BCUT2D eigenvalue weighted by Crippen LogP contribution is 2.63. The van der Waals surface area contributed by atoms with E-state index in [1.165, 1.54) is 0 Å². The number of ether oxygens (including phenoxy) is 8. The molecule has 2 aliphatic heterocycles. The Balaban J connectivity index is 1.19. The molecule has 0 saturated carbocycles. The number of hydrogen-bond acceptors (Lipinski definition) is 22. The number of thiophene rings is 8. The van der Waals surface area contributed by atoms with Crippen molar-refractivity contribution in [2.45, 2.75) is 158 Å². The summed E-state index contributed by atoms with van der Waals surface area (Å²) in [6.45, 7) is 20.7. The Morgan fingerprint density at radius 3 is 0.517 bits per heavy atom. The summed E-state index contributed by atoms with van der Waals surface area (Å²) in [5.41, 5.74) is 11.2. The van der Waals surface area contributed by atoms with Crippen LogP contribution in [0.25, 0.3) is 173 Å². The molecule has 0 atom stereocenters. The molecule has 0 saturated heterocycles. The average Bonchev–Trinajstić information content (AvgIpc) is 1.54. The van der Waals surface area contributed by atoms with Gasteiger partial charge in [0, 0.05) is 83.5 Å². The standard InChI is InChI=1S/C96H98N8O8S8/c1-9-17-41-105-81-65(57-33-25-49-113-57)66(58-34-26-50-114-58)82(106-42-18-10-2)74-73(81)89-97-90(74)102-92-77-78(86(110-46-22-14-6)70(62-38-30-54-118-62)69(61-37-29-53-117-61)85(77)109-45-21-13-5)94(99-92)104-96-80-79(87(111-47-23-15-7)71(63-39-31-55-119-63)72(64-40-32-56-120-64)88(80)112-48-24-16-8)95(100-96)103-93-76-75(91(98-93)101-89)83(107-43-19-11-3)67(59-35-27-51-115-59)68(60-36-28-52-116-60)84(76)108-44-20-12-4/h25-40,49-56H,9-24,41-48H2,1-8H3,(H2,97,98,99,100,101,102,103,104). The van der Waals surface area contributed by atoms with Crippen molar-refractivity contribution >= 4 is 135 Å². The molecule has 15 aromatic rings. The quantitative estimate of drug-likeness (QED) is 0.0346. The third-order valence-corrected chi connectivity index (χ3v) is 28.4. The molecule has 0 spiro atoms. The van der Waals surface area contributed by atoms with E-state index in [2.05, 4.69) is 205 Å². The van der Waals surface area contributed by atoms with E-state index in [1.807, 2.05) is 0 Å². The maximum absolute atomic E-state index is 7.61. The van der Waals surface area contributed by atoms with E-state index < -0.39 is 0 Å². The molecule has 618 valence electrons. The van der Waals surface area contributed by atoms with Gasteiger partial charge in [-0.2, -0.15) is 0 Å². The van der Waals surface area contributed by atoms with Crippen LogP contribution in [0.5, 0.6) is 46.0 Å². The second-order valence-electron chi connectivity index (χ2n) is 29.7. The fraction of sp³-hybridized carbons (Fsp3) is 0.333. The van der Waals surface area contributed by atoms with E-state index in [1.54, 1.807) is 90.7 Å². The van der Waals surface area contributed by atoms with Crippen LogP contribution in [0.2, 0.25) is 0 Å². The number of aromatic amines is 2. The van der Waals surface area contributed by atoms with Crippen LogP contribution >= 0.6 is 90.7 Å². The van der Waals surface area contributed by atoms with Crippen molar-refractivity contribution in [2.24, 2.45) is 0 Å². The van der Waals surface area contributed by atoms with E-state index in [9.17, 15) is 0 Å². The number of H-pyrrole nitrogens is 2. The summed E-state index contributed by atoms with van der Waals surface area (Å²) >= 11 is 13.3. The molecule has 13 heterocycles. The van der Waals surface area contributed by atoms with E-state index in [-0.39, 0.29) is 0 Å². The highest BCUT2D eigenvalue weighted by atomic mass is 32.1. The number of rotatable bonds is 40. The van der Waals surface area contributed by atoms with Crippen LogP contribution in [0.4, 0.5) is 0 Å². The molecule has 2 aliphatic rings. The second kappa shape index (κ2) is 38.5. The summed E-state index contributed by atoms with van der Waals surface area (Å²) in [5, 5.41) is 19.7. The minimum atomic E-state index is 0.324. The van der Waals surface area contributed by atoms with Crippen molar-refractivity contribution in [1.29, 1.82) is 0 Å². The number of nitrogens with zero attached hydrogens (tertiary/aromatic N) is 6. The summed E-state index contributed by atoms with van der Waals surface area (Å²) in [7, 11) is 0. The molecule has 0 fully saturated rings. The maximum atomic E-state index is 7.61. The van der Waals surface area contributed by atoms with Crippen molar-refractivity contribution in [3.8, 4) is 175 Å². The molecule has 4 aromatic carbocycles. The number of hydrogen-bond donors (Lipinski definition) is 2. The predicted molar refractivity (Wildman–Crippen MR) is 506 cm³/mol. The van der Waals surface area contributed by atoms with Gasteiger partial charge >= 0.3 is 0 Å². The number of nitrogens with one attached hydrogen (secondary N) is 2. The molecule has 120 heavy (non-hydrogen) atoms. The first-order valence-electron chi connectivity index (χ1n) is 42.4. The van der Waals surface area contributed by atoms with Gasteiger partial charge in [-0.3, -0.25) is 0 Å². The Hall–Kier alpha value is -9.76. The molecule has 24 heteroatoms. The van der Waals surface area contributed by atoms with E-state index in [0.717, 1.165) is 186 Å². The lowest BCUT2D eigenvalue weighted by Gasteiger charge is -2.23.